The molecule has 1 aliphatic carbocycles. The highest BCUT2D eigenvalue weighted by atomic mass is 16.5. The second-order valence-corrected chi connectivity index (χ2v) is 3.55. The minimum Gasteiger partial charge on any atom is -0.481 e. The van der Waals surface area contributed by atoms with Crippen molar-refractivity contribution in [1.29, 1.82) is 0 Å². The molecule has 1 aromatic rings. The molecule has 0 saturated heterocycles. The van der Waals surface area contributed by atoms with Gasteiger partial charge in [-0.2, -0.15) is 0 Å². The van der Waals surface area contributed by atoms with Crippen molar-refractivity contribution in [2.75, 3.05) is 14.2 Å². The van der Waals surface area contributed by atoms with Crippen LogP contribution in [0.4, 0.5) is 0 Å². The van der Waals surface area contributed by atoms with E-state index in [1.165, 1.54) is 7.11 Å². The lowest BCUT2D eigenvalue weighted by Crippen LogP contribution is -2.07. The summed E-state index contributed by atoms with van der Waals surface area (Å²) in [4.78, 5) is 15.8. The molecular formula is C11H13NO3. The van der Waals surface area contributed by atoms with Gasteiger partial charge in [0.05, 0.1) is 25.5 Å². The molecule has 0 N–H and O–H groups in total. The van der Waals surface area contributed by atoms with Gasteiger partial charge < -0.3 is 9.47 Å². The molecular weight excluding hydrogens is 194 g/mol. The number of hydrogen-bond acceptors (Lipinski definition) is 4. The first-order chi connectivity index (χ1) is 7.26. The molecule has 1 aromatic heterocycles. The Morgan fingerprint density at radius 2 is 2.13 bits per heavy atom. The molecule has 0 aromatic carbocycles. The van der Waals surface area contributed by atoms with Gasteiger partial charge in [-0.15, -0.1) is 0 Å². The number of carbonyl (C=O) groups excluding carboxylic acids is 1. The Morgan fingerprint density at radius 1 is 1.40 bits per heavy atom. The van der Waals surface area contributed by atoms with Crippen LogP contribution in [-0.4, -0.2) is 25.2 Å². The van der Waals surface area contributed by atoms with Gasteiger partial charge in [-0.3, -0.25) is 0 Å². The summed E-state index contributed by atoms with van der Waals surface area (Å²) >= 11 is 0. The van der Waals surface area contributed by atoms with Gasteiger partial charge in [0.1, 0.15) is 0 Å². The fourth-order valence-corrected chi connectivity index (χ4v) is 1.52. The molecule has 80 valence electrons. The highest BCUT2D eigenvalue weighted by Gasteiger charge is 2.30. The summed E-state index contributed by atoms with van der Waals surface area (Å²) in [5.41, 5.74) is 1.36. The number of pyridine rings is 1. The number of hydrogen-bond donors (Lipinski definition) is 0. The molecule has 0 unspecified atom stereocenters. The number of esters is 1. The lowest BCUT2D eigenvalue weighted by molar-refractivity contribution is 0.0598. The zero-order chi connectivity index (χ0) is 10.8. The molecule has 0 aliphatic heterocycles. The van der Waals surface area contributed by atoms with Gasteiger partial charge in [0, 0.05) is 12.0 Å². The highest BCUT2D eigenvalue weighted by Crippen LogP contribution is 2.41. The maximum Gasteiger partial charge on any atom is 0.339 e. The zero-order valence-electron chi connectivity index (χ0n) is 8.82. The standard InChI is InChI=1S/C11H13NO3/c1-14-9-6-5-8(11(13)15-2)10(12-9)7-3-4-7/h5-7H,3-4H2,1-2H3. The molecule has 4 heteroatoms. The summed E-state index contributed by atoms with van der Waals surface area (Å²) in [5, 5.41) is 0. The smallest absolute Gasteiger partial charge is 0.339 e. The molecule has 1 saturated carbocycles. The van der Waals surface area contributed by atoms with Crippen LogP contribution in [0.1, 0.15) is 34.8 Å². The van der Waals surface area contributed by atoms with Gasteiger partial charge in [-0.05, 0) is 18.9 Å². The third kappa shape index (κ3) is 1.93. The molecule has 1 heterocycles. The van der Waals surface area contributed by atoms with Crippen molar-refractivity contribution < 1.29 is 14.3 Å². The van der Waals surface area contributed by atoms with Gasteiger partial charge in [-0.25, -0.2) is 9.78 Å². The zero-order valence-corrected chi connectivity index (χ0v) is 8.82. The minimum absolute atomic E-state index is 0.327. The topological polar surface area (TPSA) is 48.4 Å². The van der Waals surface area contributed by atoms with E-state index < -0.39 is 0 Å². The Kier molecular flexibility index (Phi) is 2.58. The molecule has 15 heavy (non-hydrogen) atoms. The predicted octanol–water partition coefficient (Wildman–Crippen LogP) is 1.75. The quantitative estimate of drug-likeness (QED) is 0.708. The maximum absolute atomic E-state index is 11.5. The van der Waals surface area contributed by atoms with Crippen LogP contribution in [0.25, 0.3) is 0 Å². The normalized spacial score (nSPS) is 14.8. The molecule has 0 radical (unpaired) electrons. The average molecular weight is 207 g/mol. The van der Waals surface area contributed by atoms with Crippen LogP contribution in [0.15, 0.2) is 12.1 Å². The number of carbonyl (C=O) groups is 1. The van der Waals surface area contributed by atoms with Crippen molar-refractivity contribution in [2.45, 2.75) is 18.8 Å². The van der Waals surface area contributed by atoms with E-state index in [9.17, 15) is 4.79 Å². The molecule has 1 fully saturated rings. The second-order valence-electron chi connectivity index (χ2n) is 3.55. The van der Waals surface area contributed by atoms with Crippen molar-refractivity contribution in [2.24, 2.45) is 0 Å². The summed E-state index contributed by atoms with van der Waals surface area (Å²) in [5.74, 6) is 0.616. The monoisotopic (exact) mass is 207 g/mol. The third-order valence-electron chi connectivity index (χ3n) is 2.48. The lowest BCUT2D eigenvalue weighted by atomic mass is 10.1. The third-order valence-corrected chi connectivity index (χ3v) is 2.48. The van der Waals surface area contributed by atoms with Crippen molar-refractivity contribution in [3.05, 3.63) is 23.4 Å². The van der Waals surface area contributed by atoms with Crippen LogP contribution in [0.5, 0.6) is 5.88 Å². The van der Waals surface area contributed by atoms with Crippen LogP contribution in [0.3, 0.4) is 0 Å². The van der Waals surface area contributed by atoms with E-state index in [1.807, 2.05) is 0 Å². The van der Waals surface area contributed by atoms with Gasteiger partial charge >= 0.3 is 5.97 Å². The number of ether oxygens (including phenoxy) is 2. The van der Waals surface area contributed by atoms with E-state index in [0.29, 0.717) is 17.4 Å². The molecule has 2 rings (SSSR count). The largest absolute Gasteiger partial charge is 0.481 e. The van der Waals surface area contributed by atoms with E-state index in [4.69, 9.17) is 9.47 Å². The van der Waals surface area contributed by atoms with E-state index in [1.54, 1.807) is 19.2 Å². The Labute approximate surface area is 88.2 Å². The lowest BCUT2D eigenvalue weighted by Gasteiger charge is -2.07. The highest BCUT2D eigenvalue weighted by molar-refractivity contribution is 5.90. The Hall–Kier alpha value is -1.58. The summed E-state index contributed by atoms with van der Waals surface area (Å²) in [6.45, 7) is 0. The van der Waals surface area contributed by atoms with E-state index in [0.717, 1.165) is 18.5 Å². The molecule has 0 atom stereocenters. The van der Waals surface area contributed by atoms with E-state index in [-0.39, 0.29) is 5.97 Å². The minimum atomic E-state index is -0.327. The summed E-state index contributed by atoms with van der Waals surface area (Å²) < 4.78 is 9.75. The van der Waals surface area contributed by atoms with Crippen molar-refractivity contribution in [1.82, 2.24) is 4.98 Å². The van der Waals surface area contributed by atoms with E-state index >= 15 is 0 Å². The summed E-state index contributed by atoms with van der Waals surface area (Å²) in [6.07, 6.45) is 2.17. The molecule has 0 spiro atoms. The van der Waals surface area contributed by atoms with Crippen LogP contribution < -0.4 is 4.74 Å². The van der Waals surface area contributed by atoms with Crippen LogP contribution in [-0.2, 0) is 4.74 Å². The summed E-state index contributed by atoms with van der Waals surface area (Å²) in [7, 11) is 2.94. The molecule has 4 nitrogen and oxygen atoms in total. The van der Waals surface area contributed by atoms with Gasteiger partial charge in [0.25, 0.3) is 0 Å². The molecule has 0 amide bonds. The SMILES string of the molecule is COC(=O)c1ccc(OC)nc1C1CC1. The molecule has 0 bridgehead atoms. The number of methoxy groups -OCH3 is 2. The fraction of sp³-hybridized carbons (Fsp3) is 0.455. The first kappa shape index (κ1) is 9.96. The maximum atomic E-state index is 11.5. The Bertz CT molecular complexity index is 385. The van der Waals surface area contributed by atoms with Crippen molar-refractivity contribution >= 4 is 5.97 Å². The first-order valence-corrected chi connectivity index (χ1v) is 4.89. The Balaban J connectivity index is 2.39. The van der Waals surface area contributed by atoms with Gasteiger partial charge in [0.15, 0.2) is 0 Å². The van der Waals surface area contributed by atoms with Crippen molar-refractivity contribution in [3.8, 4) is 5.88 Å². The van der Waals surface area contributed by atoms with E-state index in [2.05, 4.69) is 4.98 Å². The van der Waals surface area contributed by atoms with Gasteiger partial charge in [0.2, 0.25) is 5.88 Å². The number of nitrogens with zero attached hydrogens (tertiary/aromatic N) is 1. The van der Waals surface area contributed by atoms with Crippen LogP contribution >= 0.6 is 0 Å². The van der Waals surface area contributed by atoms with Gasteiger partial charge in [-0.1, -0.05) is 0 Å². The van der Waals surface area contributed by atoms with Crippen LogP contribution in [0.2, 0.25) is 0 Å². The van der Waals surface area contributed by atoms with Crippen LogP contribution in [0, 0.1) is 0 Å². The predicted molar refractivity (Wildman–Crippen MR) is 54.1 cm³/mol. The average Bonchev–Trinajstić information content (AvgIpc) is 3.11. The molecule has 1 aliphatic rings. The number of aromatic nitrogens is 1. The Morgan fingerprint density at radius 3 is 2.67 bits per heavy atom. The van der Waals surface area contributed by atoms with Crippen molar-refractivity contribution in [3.63, 3.8) is 0 Å². The second kappa shape index (κ2) is 3.88. The first-order valence-electron chi connectivity index (χ1n) is 4.89. The fourth-order valence-electron chi connectivity index (χ4n) is 1.52. The number of rotatable bonds is 3. The summed E-state index contributed by atoms with van der Waals surface area (Å²) in [6, 6.07) is 3.39.